The lowest BCUT2D eigenvalue weighted by Gasteiger charge is -2.18. The molecule has 0 aliphatic heterocycles. The molecule has 61 heavy (non-hydrogen) atoms. The Kier molecular flexibility index (Phi) is 50.4. The summed E-state index contributed by atoms with van der Waals surface area (Å²) in [4.78, 5) is 25.4. The molecule has 0 fully saturated rings. The molecule has 0 N–H and O–H groups in total. The van der Waals surface area contributed by atoms with Crippen LogP contribution >= 0.6 is 0 Å². The van der Waals surface area contributed by atoms with Gasteiger partial charge in [0.05, 0.1) is 6.61 Å². The monoisotopic (exact) mass is 855 g/mol. The summed E-state index contributed by atoms with van der Waals surface area (Å²) in [6.45, 7) is 7.73. The molecule has 0 heterocycles. The highest BCUT2D eigenvalue weighted by Gasteiger charge is 2.17. The van der Waals surface area contributed by atoms with Crippen molar-refractivity contribution in [1.29, 1.82) is 0 Å². The molecule has 1 atom stereocenters. The molecule has 5 nitrogen and oxygen atoms in total. The van der Waals surface area contributed by atoms with Gasteiger partial charge >= 0.3 is 11.9 Å². The predicted molar refractivity (Wildman–Crippen MR) is 265 cm³/mol. The van der Waals surface area contributed by atoms with Crippen molar-refractivity contribution < 1.29 is 23.8 Å². The number of allylic oxidation sites excluding steroid dienone is 8. The summed E-state index contributed by atoms with van der Waals surface area (Å²) in [5.74, 6) is -0.411. The number of unbranched alkanes of at least 4 members (excludes halogenated alkanes) is 30. The maximum absolute atomic E-state index is 12.8. The molecule has 0 aromatic carbocycles. The van der Waals surface area contributed by atoms with E-state index in [4.69, 9.17) is 14.2 Å². The first-order valence-electron chi connectivity index (χ1n) is 26.7. The van der Waals surface area contributed by atoms with Gasteiger partial charge in [-0.1, -0.05) is 249 Å². The molecule has 0 rings (SSSR count). The van der Waals surface area contributed by atoms with Crippen molar-refractivity contribution in [3.8, 4) is 0 Å². The number of carbonyl (C=O) groups is 2. The van der Waals surface area contributed by atoms with Gasteiger partial charge in [-0.2, -0.15) is 0 Å². The van der Waals surface area contributed by atoms with Crippen LogP contribution < -0.4 is 0 Å². The van der Waals surface area contributed by atoms with Gasteiger partial charge in [-0.15, -0.1) is 0 Å². The standard InChI is InChI=1S/C56H102O5/c1-4-7-10-13-16-19-22-25-27-29-30-32-35-38-41-44-47-50-56(58)61-54(53-60-55(57)49-46-43-40-37-34-24-21-18-15-12-9-6-3)52-59-51-48-45-42-39-36-33-31-28-26-23-20-17-14-11-8-5-2/h7,10,16,19,25,27,30,32,54H,4-6,8-9,11-15,17-18,20-24,26,28-29,31,33-53H2,1-3H3/b10-7-,19-16-,27-25-,32-30-/t54-/m1/s1. The topological polar surface area (TPSA) is 61.8 Å². The zero-order valence-corrected chi connectivity index (χ0v) is 40.9. The van der Waals surface area contributed by atoms with Crippen LogP contribution in [-0.2, 0) is 23.8 Å². The fourth-order valence-corrected chi connectivity index (χ4v) is 7.68. The summed E-state index contributed by atoms with van der Waals surface area (Å²) in [5, 5.41) is 0. The maximum Gasteiger partial charge on any atom is 0.306 e. The lowest BCUT2D eigenvalue weighted by atomic mass is 10.0. The van der Waals surface area contributed by atoms with E-state index in [1.54, 1.807) is 0 Å². The largest absolute Gasteiger partial charge is 0.462 e. The molecular weight excluding hydrogens is 753 g/mol. The molecule has 0 unspecified atom stereocenters. The summed E-state index contributed by atoms with van der Waals surface area (Å²) < 4.78 is 17.4. The van der Waals surface area contributed by atoms with Crippen LogP contribution in [0.15, 0.2) is 48.6 Å². The van der Waals surface area contributed by atoms with Crippen molar-refractivity contribution in [3.05, 3.63) is 48.6 Å². The third kappa shape index (κ3) is 50.4. The Morgan fingerprint density at radius 3 is 1.18 bits per heavy atom. The van der Waals surface area contributed by atoms with E-state index >= 15 is 0 Å². The van der Waals surface area contributed by atoms with Crippen LogP contribution in [0.4, 0.5) is 0 Å². The van der Waals surface area contributed by atoms with E-state index in [0.29, 0.717) is 19.4 Å². The molecule has 0 amide bonds. The van der Waals surface area contributed by atoms with E-state index in [1.807, 2.05) is 0 Å². The van der Waals surface area contributed by atoms with Crippen molar-refractivity contribution in [3.63, 3.8) is 0 Å². The zero-order valence-electron chi connectivity index (χ0n) is 40.9. The Hall–Kier alpha value is -2.14. The fourth-order valence-electron chi connectivity index (χ4n) is 7.68. The summed E-state index contributed by atoms with van der Waals surface area (Å²) in [6.07, 6.45) is 64.0. The van der Waals surface area contributed by atoms with Gasteiger partial charge in [-0.25, -0.2) is 0 Å². The van der Waals surface area contributed by atoms with Crippen LogP contribution in [0.1, 0.15) is 271 Å². The Bertz CT molecular complexity index is 1010. The van der Waals surface area contributed by atoms with E-state index in [-0.39, 0.29) is 25.2 Å². The van der Waals surface area contributed by atoms with Gasteiger partial charge < -0.3 is 14.2 Å². The molecule has 0 aromatic rings. The molecule has 0 aliphatic rings. The van der Waals surface area contributed by atoms with Crippen LogP contribution in [0.5, 0.6) is 0 Å². The Labute approximate surface area is 380 Å². The molecule has 0 saturated carbocycles. The van der Waals surface area contributed by atoms with Crippen LogP contribution in [0.2, 0.25) is 0 Å². The first-order valence-corrected chi connectivity index (χ1v) is 26.7. The number of rotatable bonds is 49. The third-order valence-corrected chi connectivity index (χ3v) is 11.6. The van der Waals surface area contributed by atoms with Crippen molar-refractivity contribution >= 4 is 11.9 Å². The van der Waals surface area contributed by atoms with Gasteiger partial charge in [0.25, 0.3) is 0 Å². The van der Waals surface area contributed by atoms with Crippen LogP contribution in [0.25, 0.3) is 0 Å². The van der Waals surface area contributed by atoms with Gasteiger partial charge in [-0.3, -0.25) is 9.59 Å². The SMILES string of the molecule is CC/C=C\C/C=C\C/C=C\C/C=C\CCCCCCC(=O)O[C@H](COCCCCCCCCCCCCCCCCCC)COC(=O)CCCCCCCCCCCCCC. The first-order chi connectivity index (χ1) is 30.1. The average Bonchev–Trinajstić information content (AvgIpc) is 3.26. The molecular formula is C56H102O5. The summed E-state index contributed by atoms with van der Waals surface area (Å²) >= 11 is 0. The number of hydrogen-bond acceptors (Lipinski definition) is 5. The third-order valence-electron chi connectivity index (χ3n) is 11.6. The van der Waals surface area contributed by atoms with Gasteiger partial charge in [0.15, 0.2) is 6.10 Å². The molecule has 0 aliphatic carbocycles. The summed E-state index contributed by atoms with van der Waals surface area (Å²) in [5.41, 5.74) is 0. The van der Waals surface area contributed by atoms with Crippen molar-refractivity contribution in [2.75, 3.05) is 19.8 Å². The number of hydrogen-bond donors (Lipinski definition) is 0. The van der Waals surface area contributed by atoms with E-state index in [1.165, 1.54) is 161 Å². The van der Waals surface area contributed by atoms with E-state index in [9.17, 15) is 9.59 Å². The van der Waals surface area contributed by atoms with Crippen LogP contribution in [0, 0.1) is 0 Å². The molecule has 5 heteroatoms. The molecule has 0 saturated heterocycles. The number of esters is 2. The van der Waals surface area contributed by atoms with E-state index < -0.39 is 6.10 Å². The highest BCUT2D eigenvalue weighted by atomic mass is 16.6. The van der Waals surface area contributed by atoms with Crippen molar-refractivity contribution in [2.24, 2.45) is 0 Å². The van der Waals surface area contributed by atoms with Gasteiger partial charge in [0.1, 0.15) is 6.61 Å². The van der Waals surface area contributed by atoms with E-state index in [0.717, 1.165) is 77.0 Å². The average molecular weight is 855 g/mol. The van der Waals surface area contributed by atoms with E-state index in [2.05, 4.69) is 69.4 Å². The number of ether oxygens (including phenoxy) is 3. The second kappa shape index (κ2) is 52.2. The Balaban J connectivity index is 4.28. The molecule has 0 radical (unpaired) electrons. The molecule has 0 bridgehead atoms. The molecule has 0 spiro atoms. The second-order valence-electron chi connectivity index (χ2n) is 17.8. The van der Waals surface area contributed by atoms with Gasteiger partial charge in [0, 0.05) is 19.4 Å². The fraction of sp³-hybridized carbons (Fsp3) is 0.821. The number of carbonyl (C=O) groups excluding carboxylic acids is 2. The second-order valence-corrected chi connectivity index (χ2v) is 17.8. The van der Waals surface area contributed by atoms with Gasteiger partial charge in [-0.05, 0) is 57.8 Å². The summed E-state index contributed by atoms with van der Waals surface area (Å²) in [6, 6.07) is 0. The minimum absolute atomic E-state index is 0.0800. The Morgan fingerprint density at radius 1 is 0.377 bits per heavy atom. The van der Waals surface area contributed by atoms with Crippen LogP contribution in [0.3, 0.4) is 0 Å². The highest BCUT2D eigenvalue weighted by molar-refractivity contribution is 5.70. The highest BCUT2D eigenvalue weighted by Crippen LogP contribution is 2.16. The summed E-state index contributed by atoms with van der Waals surface area (Å²) in [7, 11) is 0. The molecule has 356 valence electrons. The minimum atomic E-state index is -0.544. The Morgan fingerprint density at radius 2 is 0.738 bits per heavy atom. The first kappa shape index (κ1) is 58.9. The lowest BCUT2D eigenvalue weighted by Crippen LogP contribution is -2.30. The van der Waals surface area contributed by atoms with Crippen molar-refractivity contribution in [1.82, 2.24) is 0 Å². The predicted octanol–water partition coefficient (Wildman–Crippen LogP) is 18.0. The molecule has 0 aromatic heterocycles. The smallest absolute Gasteiger partial charge is 0.306 e. The quantitative estimate of drug-likeness (QED) is 0.0347. The minimum Gasteiger partial charge on any atom is -0.462 e. The maximum atomic E-state index is 12.8. The van der Waals surface area contributed by atoms with Gasteiger partial charge in [0.2, 0.25) is 0 Å². The lowest BCUT2D eigenvalue weighted by molar-refractivity contribution is -0.163. The normalized spacial score (nSPS) is 12.5. The van der Waals surface area contributed by atoms with Crippen LogP contribution in [-0.4, -0.2) is 37.9 Å². The van der Waals surface area contributed by atoms with Crippen molar-refractivity contribution in [2.45, 2.75) is 277 Å². The zero-order chi connectivity index (χ0) is 44.2.